The largest absolute Gasteiger partial charge is 1.00 e. The summed E-state index contributed by atoms with van der Waals surface area (Å²) in [5, 5.41) is 31.0. The average Bonchev–Trinajstić information content (AvgIpc) is 1.63. The van der Waals surface area contributed by atoms with Crippen LogP contribution in [0.25, 0.3) is 55.6 Å². The Labute approximate surface area is 644 Å². The molecule has 0 heterocycles. The number of hydrogen-bond acceptors (Lipinski definition) is 9. The first kappa shape index (κ1) is 77.8. The molecule has 0 bridgehead atoms. The fraction of sp³-hybridized carbons (Fsp3) is 0.212. The molecule has 0 aliphatic heterocycles. The number of fused-ring (bicyclic) bond motifs is 15. The second kappa shape index (κ2) is 36.1. The number of terminal acetylenes is 1. The third kappa shape index (κ3) is 17.9. The Hall–Kier alpha value is -8.95. The molecular weight excluding hydrogens is 1270 g/mol. The summed E-state index contributed by atoms with van der Waals surface area (Å²) in [6, 6.07) is 70.5. The van der Waals surface area contributed by atoms with Gasteiger partial charge < -0.3 is 50.6 Å². The number of amides is 4. The van der Waals surface area contributed by atoms with E-state index in [9.17, 15) is 34.2 Å². The van der Waals surface area contributed by atoms with Crippen LogP contribution >= 0.6 is 0 Å². The van der Waals surface area contributed by atoms with Crippen molar-refractivity contribution in [2.75, 3.05) is 40.2 Å². The molecule has 0 saturated carbocycles. The normalized spacial score (nSPS) is 14.1. The minimum Gasteiger partial charge on any atom is -1.00 e. The van der Waals surface area contributed by atoms with Crippen LogP contribution in [-0.4, -0.2) is 67.8 Å². The number of rotatable bonds is 11. The summed E-state index contributed by atoms with van der Waals surface area (Å²) in [6.07, 6.45) is 8.71. The second-order valence-corrected chi connectivity index (χ2v) is 25.9. The molecule has 5 aliphatic carbocycles. The number of nitrogens with two attached hydrogens (primary N) is 2. The maximum Gasteiger partial charge on any atom is 1.00 e. The zero-order valence-corrected chi connectivity index (χ0v) is 62.9. The zero-order valence-electron chi connectivity index (χ0n) is 61.9. The van der Waals surface area contributed by atoms with Crippen molar-refractivity contribution in [3.05, 3.63) is 268 Å². The van der Waals surface area contributed by atoms with E-state index in [0.29, 0.717) is 5.69 Å². The number of nitrogen functional groups attached to an aromatic ring is 1. The molecule has 4 unspecified atom stereocenters. The van der Waals surface area contributed by atoms with Gasteiger partial charge in [0.25, 0.3) is 0 Å². The van der Waals surface area contributed by atoms with Crippen LogP contribution in [0.1, 0.15) is 126 Å². The third-order valence-corrected chi connectivity index (χ3v) is 18.2. The van der Waals surface area contributed by atoms with Gasteiger partial charge in [-0.3, -0.25) is 19.2 Å². The molecule has 101 heavy (non-hydrogen) atoms. The number of benzene rings is 10. The van der Waals surface area contributed by atoms with Crippen LogP contribution < -0.4 is 91.8 Å². The number of aliphatic hydroxyl groups is 2. The molecule has 0 saturated heterocycles. The Morgan fingerprint density at radius 3 is 1.13 bits per heavy atom. The molecule has 4 atom stereocenters. The van der Waals surface area contributed by atoms with E-state index < -0.39 is 6.04 Å². The van der Waals surface area contributed by atoms with Crippen LogP contribution in [0.2, 0.25) is 0 Å². The number of aldehydes is 1. The van der Waals surface area contributed by atoms with E-state index in [-0.39, 0.29) is 143 Å². The van der Waals surface area contributed by atoms with Crippen molar-refractivity contribution in [3.63, 3.8) is 0 Å². The van der Waals surface area contributed by atoms with Crippen LogP contribution in [0.4, 0.5) is 28.4 Å². The van der Waals surface area contributed by atoms with E-state index in [4.69, 9.17) is 12.8 Å². The van der Waals surface area contributed by atoms with Gasteiger partial charge in [-0.1, -0.05) is 193 Å². The van der Waals surface area contributed by atoms with E-state index >= 15 is 0 Å². The second-order valence-electron chi connectivity index (χ2n) is 25.9. The number of nitrogens with one attached hydrogen (secondary N) is 4. The van der Waals surface area contributed by atoms with E-state index in [1.165, 1.54) is 56.5 Å². The molecule has 503 valence electrons. The van der Waals surface area contributed by atoms with Crippen molar-refractivity contribution in [2.45, 2.75) is 85.1 Å². The van der Waals surface area contributed by atoms with Gasteiger partial charge in [0.2, 0.25) is 23.6 Å². The number of carbonyl (C=O) groups is 5. The summed E-state index contributed by atoms with van der Waals surface area (Å²) in [7, 11) is 0. The Morgan fingerprint density at radius 1 is 0.436 bits per heavy atom. The summed E-state index contributed by atoms with van der Waals surface area (Å²) in [6.45, 7) is 13.0. The van der Waals surface area contributed by atoms with Crippen molar-refractivity contribution in [2.24, 2.45) is 23.5 Å². The van der Waals surface area contributed by atoms with Crippen LogP contribution in [0.3, 0.4) is 0 Å². The summed E-state index contributed by atoms with van der Waals surface area (Å²) in [5.41, 5.74) is 39.2. The molecule has 10 aromatic rings. The predicted molar refractivity (Wildman–Crippen MR) is 406 cm³/mol. The molecule has 16 heteroatoms. The van der Waals surface area contributed by atoms with Crippen molar-refractivity contribution in [3.8, 4) is 68.5 Å². The van der Waals surface area contributed by atoms with Gasteiger partial charge in [0.1, 0.15) is 7.66 Å². The van der Waals surface area contributed by atoms with Gasteiger partial charge in [0, 0.05) is 66.4 Å². The molecular formula is C85H86BN6Na2O7. The Kier molecular flexibility index (Phi) is 27.8. The topological polar surface area (TPSA) is 226 Å². The molecule has 10 aromatic carbocycles. The first-order valence-corrected chi connectivity index (χ1v) is 33.2. The molecule has 5 aliphatic rings. The molecule has 4 amide bonds. The van der Waals surface area contributed by atoms with Crippen LogP contribution in [0, 0.1) is 30.6 Å². The van der Waals surface area contributed by atoms with Gasteiger partial charge in [-0.2, -0.15) is 0 Å². The van der Waals surface area contributed by atoms with Gasteiger partial charge in [-0.05, 0) is 192 Å². The molecule has 3 radical (unpaired) electrons. The van der Waals surface area contributed by atoms with Crippen LogP contribution in [-0.2, 0) is 36.8 Å². The van der Waals surface area contributed by atoms with Gasteiger partial charge in [-0.15, -0.1) is 12.8 Å². The molecule has 0 fully saturated rings. The van der Waals surface area contributed by atoms with Gasteiger partial charge in [0.15, 0.2) is 0 Å². The van der Waals surface area contributed by atoms with Crippen molar-refractivity contribution in [1.29, 1.82) is 0 Å². The predicted octanol–water partition coefficient (Wildman–Crippen LogP) is 9.85. The fourth-order valence-electron chi connectivity index (χ4n) is 13.1. The van der Waals surface area contributed by atoms with E-state index in [1.807, 2.05) is 163 Å². The molecule has 15 rings (SSSR count). The summed E-state index contributed by atoms with van der Waals surface area (Å²) in [5.74, 6) is -0.574. The third-order valence-electron chi connectivity index (χ3n) is 18.2. The maximum absolute atomic E-state index is 11.8. The quantitative estimate of drug-likeness (QED) is 0.0267. The first-order valence-electron chi connectivity index (χ1n) is 33.7. The molecule has 0 spiro atoms. The number of hydrogen-bond donors (Lipinski definition) is 8. The van der Waals surface area contributed by atoms with E-state index in [2.05, 4.69) is 119 Å². The Morgan fingerprint density at radius 2 is 0.733 bits per heavy atom. The van der Waals surface area contributed by atoms with E-state index in [0.717, 1.165) is 103 Å². The Balaban J connectivity index is 0.000000230. The van der Waals surface area contributed by atoms with Crippen LogP contribution in [0.5, 0.6) is 0 Å². The van der Waals surface area contributed by atoms with Crippen molar-refractivity contribution >= 4 is 66.8 Å². The van der Waals surface area contributed by atoms with Crippen LogP contribution in [0.15, 0.2) is 212 Å². The molecule has 0 aromatic heterocycles. The number of carbonyl (C=O) groups excluding carboxylic acids is 5. The smallest absolute Gasteiger partial charge is 1.00 e. The van der Waals surface area contributed by atoms with Crippen molar-refractivity contribution < 1.29 is 97.5 Å². The fourth-order valence-corrected chi connectivity index (χ4v) is 13.1. The number of aliphatic hydroxyl groups excluding tert-OH is 2. The van der Waals surface area contributed by atoms with Gasteiger partial charge in [0.05, 0.1) is 25.2 Å². The zero-order chi connectivity index (χ0) is 70.6. The monoisotopic (exact) mass is 1360 g/mol. The SMILES string of the molecule is CC(C)C(=O)Nc1ccc2c(c1)C(C=O)c1ccccc1-2.CC(C)C(=O)Nc1ccc2c(c1)C(CO)c1ccccc1-2.CC(C)C(=O)Nc1ccc2c(c1)Cc1ccccc1-2.CC(N)C(=O)Nc1ccc2c(c1)C(CO)c1ccccc1-2.Nc1ccc2c(c1)Cc1ccccc1-2.[2H]C#C.[B].[H-].[H-].[Na+].[Na+]. The maximum atomic E-state index is 11.8. The molecule has 13 nitrogen and oxygen atoms in total. The minimum absolute atomic E-state index is 0. The van der Waals surface area contributed by atoms with Gasteiger partial charge >= 0.3 is 59.1 Å². The summed E-state index contributed by atoms with van der Waals surface area (Å²) >= 11 is 0. The van der Waals surface area contributed by atoms with E-state index in [1.54, 1.807) is 6.92 Å². The standard InChI is InChI=1S/C18H19NO2.C18H17NO2.C17H18N2O2.C17H17NO.C13H11N.C2H2.B.2Na.2H/c2*1-11(2)18(21)19-12-7-8-15-13-5-3-4-6-14(13)17(10-20)16(15)9-12;1-10(18)17(21)19-11-6-7-14-12-4-2-3-5-13(12)16(9-20)15(14)8-11;1-11(2)17(19)18-14-7-8-16-13(10-14)9-12-5-3-4-6-15(12)16;14-11-5-6-13-10(8-11)7-9-3-1-2-4-12(9)13;1-2;;;;;/h3-9,11,17,20H,10H2,1-2H3,(H,19,21);3-11,17H,1-2H3,(H,19,21);2-8,10,16,20H,9,18H2,1H3,(H,19,21);3-8,10-11H,9H2,1-2H3,(H,18,19);1-6,8H,7,14H2;1-2H;;;;;/q;;;;;;;2*+1;2*-1/i;;;;;1D;;;;;. The summed E-state index contributed by atoms with van der Waals surface area (Å²) in [4.78, 5) is 58.5. The van der Waals surface area contributed by atoms with Crippen molar-refractivity contribution in [1.82, 2.24) is 0 Å². The molecule has 10 N–H and O–H groups in total. The average molecular weight is 1360 g/mol. The van der Waals surface area contributed by atoms with Gasteiger partial charge in [-0.25, -0.2) is 0 Å². The summed E-state index contributed by atoms with van der Waals surface area (Å²) < 4.78 is 5.74. The minimum atomic E-state index is -0.552. The number of anilines is 5. The first-order chi connectivity index (χ1) is 47.7. The Bertz CT molecular complexity index is 4610.